The summed E-state index contributed by atoms with van der Waals surface area (Å²) in [5.41, 5.74) is 0.638. The van der Waals surface area contributed by atoms with Crippen molar-refractivity contribution in [2.45, 2.75) is 24.5 Å². The second-order valence-electron chi connectivity index (χ2n) is 5.34. The van der Waals surface area contributed by atoms with Crippen molar-refractivity contribution in [1.82, 2.24) is 4.90 Å². The quantitative estimate of drug-likeness (QED) is 0.719. The molecular weight excluding hydrogens is 390 g/mol. The minimum Gasteiger partial charge on any atom is -0.342 e. The fourth-order valence-electron chi connectivity index (χ4n) is 2.65. The molecule has 0 bridgehead atoms. The number of hydrogen-bond donors (Lipinski definition) is 0. The monoisotopic (exact) mass is 407 g/mol. The van der Waals surface area contributed by atoms with Gasteiger partial charge in [0.25, 0.3) is 0 Å². The molecule has 1 unspecified atom stereocenters. The molecule has 0 saturated carbocycles. The number of sulfone groups is 1. The summed E-state index contributed by atoms with van der Waals surface area (Å²) in [6.45, 7) is 0.723. The molecule has 122 valence electrons. The van der Waals surface area contributed by atoms with Crippen LogP contribution < -0.4 is 0 Å². The van der Waals surface area contributed by atoms with Gasteiger partial charge in [0.1, 0.15) is 0 Å². The van der Waals surface area contributed by atoms with E-state index in [0.29, 0.717) is 30.0 Å². The Morgan fingerprint density at radius 2 is 2.05 bits per heavy atom. The van der Waals surface area contributed by atoms with E-state index in [4.69, 9.17) is 11.6 Å². The normalized spacial score (nSPS) is 21.4. The van der Waals surface area contributed by atoms with E-state index in [1.165, 1.54) is 0 Å². The van der Waals surface area contributed by atoms with E-state index >= 15 is 0 Å². The van der Waals surface area contributed by atoms with Crippen LogP contribution in [0.5, 0.6) is 0 Å². The van der Waals surface area contributed by atoms with Crippen molar-refractivity contribution in [2.75, 3.05) is 24.2 Å². The third-order valence-corrected chi connectivity index (χ3v) is 6.88. The number of halogens is 2. The number of hydrogen-bond acceptors (Lipinski definition) is 3. The highest BCUT2D eigenvalue weighted by molar-refractivity contribution is 9.09. The first kappa shape index (κ1) is 17.8. The maximum absolute atomic E-state index is 12.5. The topological polar surface area (TPSA) is 54.5 Å². The van der Waals surface area contributed by atoms with Gasteiger partial charge >= 0.3 is 0 Å². The van der Waals surface area contributed by atoms with Crippen LogP contribution in [0.1, 0.15) is 30.1 Å². The second kappa shape index (κ2) is 7.79. The van der Waals surface area contributed by atoms with Crippen molar-refractivity contribution in [3.05, 3.63) is 34.9 Å². The molecule has 0 spiro atoms. The number of alkyl halides is 1. The van der Waals surface area contributed by atoms with Gasteiger partial charge in [0, 0.05) is 29.9 Å². The number of carbonyl (C=O) groups excluding carboxylic acids is 1. The number of carbonyl (C=O) groups is 1. The van der Waals surface area contributed by atoms with Crippen molar-refractivity contribution in [3.8, 4) is 0 Å². The molecule has 0 aromatic heterocycles. The summed E-state index contributed by atoms with van der Waals surface area (Å²) < 4.78 is 25.1. The summed E-state index contributed by atoms with van der Waals surface area (Å²) in [7, 11) is -3.31. The van der Waals surface area contributed by atoms with Gasteiger partial charge in [-0.2, -0.15) is 0 Å². The predicted molar refractivity (Wildman–Crippen MR) is 92.2 cm³/mol. The molecule has 1 aliphatic heterocycles. The van der Waals surface area contributed by atoms with E-state index < -0.39 is 15.1 Å². The zero-order valence-electron chi connectivity index (χ0n) is 12.2. The minimum atomic E-state index is -3.31. The SMILES string of the molecule is O=C(CCCBr)N1CCC(c2ccccc2Cl)S(=O)(=O)CC1. The molecule has 0 radical (unpaired) electrons. The third kappa shape index (κ3) is 4.24. The Bertz CT molecular complexity index is 635. The highest BCUT2D eigenvalue weighted by Gasteiger charge is 2.33. The van der Waals surface area contributed by atoms with Crippen LogP contribution in [0.15, 0.2) is 24.3 Å². The van der Waals surface area contributed by atoms with Gasteiger partial charge in [-0.25, -0.2) is 8.42 Å². The average Bonchev–Trinajstić information content (AvgIpc) is 2.64. The first-order valence-electron chi connectivity index (χ1n) is 7.25. The molecule has 1 heterocycles. The molecule has 1 aromatic rings. The van der Waals surface area contributed by atoms with Crippen LogP contribution in [0.25, 0.3) is 0 Å². The highest BCUT2D eigenvalue weighted by Crippen LogP contribution is 2.33. The molecule has 4 nitrogen and oxygen atoms in total. The van der Waals surface area contributed by atoms with Crippen molar-refractivity contribution < 1.29 is 13.2 Å². The van der Waals surface area contributed by atoms with Gasteiger partial charge in [-0.15, -0.1) is 0 Å². The molecule has 1 amide bonds. The molecule has 1 aliphatic rings. The van der Waals surface area contributed by atoms with Gasteiger partial charge in [0.15, 0.2) is 9.84 Å². The zero-order valence-corrected chi connectivity index (χ0v) is 15.3. The van der Waals surface area contributed by atoms with E-state index in [-0.39, 0.29) is 18.2 Å². The lowest BCUT2D eigenvalue weighted by Gasteiger charge is -2.20. The second-order valence-corrected chi connectivity index (χ2v) is 8.84. The Morgan fingerprint density at radius 1 is 1.32 bits per heavy atom. The van der Waals surface area contributed by atoms with Crippen LogP contribution in [-0.4, -0.2) is 43.4 Å². The fraction of sp³-hybridized carbons (Fsp3) is 0.533. The first-order valence-corrected chi connectivity index (χ1v) is 10.5. The van der Waals surface area contributed by atoms with Gasteiger partial charge < -0.3 is 4.90 Å². The summed E-state index contributed by atoms with van der Waals surface area (Å²) in [6, 6.07) is 7.04. The van der Waals surface area contributed by atoms with Gasteiger partial charge in [-0.1, -0.05) is 45.7 Å². The molecule has 0 N–H and O–H groups in total. The Balaban J connectivity index is 2.18. The zero-order chi connectivity index (χ0) is 16.2. The van der Waals surface area contributed by atoms with Crippen molar-refractivity contribution in [2.24, 2.45) is 0 Å². The van der Waals surface area contributed by atoms with E-state index in [0.717, 1.165) is 11.8 Å². The molecule has 1 aromatic carbocycles. The lowest BCUT2D eigenvalue weighted by Crippen LogP contribution is -2.33. The molecule has 7 heteroatoms. The Hall–Kier alpha value is -0.590. The maximum Gasteiger partial charge on any atom is 0.222 e. The van der Waals surface area contributed by atoms with Gasteiger partial charge in [0.2, 0.25) is 5.91 Å². The van der Waals surface area contributed by atoms with Gasteiger partial charge in [-0.05, 0) is 24.5 Å². The fourth-order valence-corrected chi connectivity index (χ4v) is 5.08. The van der Waals surface area contributed by atoms with Crippen LogP contribution in [0.4, 0.5) is 0 Å². The van der Waals surface area contributed by atoms with Gasteiger partial charge in [0.05, 0.1) is 11.0 Å². The van der Waals surface area contributed by atoms with Crippen LogP contribution in [0.2, 0.25) is 5.02 Å². The van der Waals surface area contributed by atoms with Crippen LogP contribution >= 0.6 is 27.5 Å². The molecule has 2 rings (SSSR count). The Morgan fingerprint density at radius 3 is 2.73 bits per heavy atom. The number of benzene rings is 1. The van der Waals surface area contributed by atoms with Crippen LogP contribution in [-0.2, 0) is 14.6 Å². The number of rotatable bonds is 4. The molecule has 22 heavy (non-hydrogen) atoms. The van der Waals surface area contributed by atoms with Crippen LogP contribution in [0, 0.1) is 0 Å². The summed E-state index contributed by atoms with van der Waals surface area (Å²) >= 11 is 9.46. The largest absolute Gasteiger partial charge is 0.342 e. The first-order chi connectivity index (χ1) is 10.5. The Labute approximate surface area is 144 Å². The lowest BCUT2D eigenvalue weighted by atomic mass is 10.1. The summed E-state index contributed by atoms with van der Waals surface area (Å²) in [4.78, 5) is 13.8. The van der Waals surface area contributed by atoms with Gasteiger partial charge in [-0.3, -0.25) is 4.79 Å². The molecule has 1 saturated heterocycles. The molecular formula is C15H19BrClNO3S. The number of amides is 1. The Kier molecular flexibility index (Phi) is 6.29. The van der Waals surface area contributed by atoms with E-state index in [9.17, 15) is 13.2 Å². The molecule has 1 fully saturated rings. The van der Waals surface area contributed by atoms with Crippen molar-refractivity contribution in [1.29, 1.82) is 0 Å². The highest BCUT2D eigenvalue weighted by atomic mass is 79.9. The maximum atomic E-state index is 12.5. The van der Waals surface area contributed by atoms with Crippen molar-refractivity contribution in [3.63, 3.8) is 0 Å². The van der Waals surface area contributed by atoms with E-state index in [1.54, 1.807) is 29.2 Å². The summed E-state index contributed by atoms with van der Waals surface area (Å²) in [5.74, 6) is 0.0117. The third-order valence-electron chi connectivity index (χ3n) is 3.87. The standard InChI is InChI=1S/C15H19BrClNO3S/c16-8-3-6-15(19)18-9-7-14(22(20,21)11-10-18)12-4-1-2-5-13(12)17/h1-2,4-5,14H,3,6-11H2. The summed E-state index contributed by atoms with van der Waals surface area (Å²) in [6.07, 6.45) is 1.60. The minimum absolute atomic E-state index is 0.0110. The number of nitrogens with zero attached hydrogens (tertiary/aromatic N) is 1. The van der Waals surface area contributed by atoms with E-state index in [2.05, 4.69) is 15.9 Å². The summed E-state index contributed by atoms with van der Waals surface area (Å²) in [5, 5.41) is 0.609. The molecule has 1 atom stereocenters. The van der Waals surface area contributed by atoms with Crippen LogP contribution in [0.3, 0.4) is 0 Å². The van der Waals surface area contributed by atoms with E-state index in [1.807, 2.05) is 0 Å². The smallest absolute Gasteiger partial charge is 0.222 e. The predicted octanol–water partition coefficient (Wildman–Crippen LogP) is 3.20. The lowest BCUT2D eigenvalue weighted by molar-refractivity contribution is -0.130. The average molecular weight is 409 g/mol. The van der Waals surface area contributed by atoms with Crippen molar-refractivity contribution >= 4 is 43.3 Å². The molecule has 0 aliphatic carbocycles.